The summed E-state index contributed by atoms with van der Waals surface area (Å²) in [5, 5.41) is 9.96. The number of ether oxygens (including phenoxy) is 1. The molecule has 0 radical (unpaired) electrons. The fourth-order valence-corrected chi connectivity index (χ4v) is 2.29. The van der Waals surface area contributed by atoms with E-state index in [1.54, 1.807) is 0 Å². The summed E-state index contributed by atoms with van der Waals surface area (Å²) in [4.78, 5) is 11.2. The summed E-state index contributed by atoms with van der Waals surface area (Å²) in [7, 11) is 0. The van der Waals surface area contributed by atoms with Crippen LogP contribution in [0.2, 0.25) is 0 Å². The lowest BCUT2D eigenvalue weighted by atomic mass is 9.74. The standard InChI is InChI=1S/C12H20F2O3/c1-3-9-5-7-11(16,8-6-9)12(13,14)10(15)17-4-2/h9,16H,3-8H2,1-2H3. The molecule has 0 aromatic rings. The molecule has 1 saturated carbocycles. The van der Waals surface area contributed by atoms with Gasteiger partial charge in [-0.1, -0.05) is 13.3 Å². The average Bonchev–Trinajstić information content (AvgIpc) is 2.30. The van der Waals surface area contributed by atoms with Gasteiger partial charge >= 0.3 is 11.9 Å². The molecule has 1 aliphatic rings. The molecule has 0 amide bonds. The Morgan fingerprint density at radius 3 is 2.35 bits per heavy atom. The van der Waals surface area contributed by atoms with Crippen LogP contribution in [0.15, 0.2) is 0 Å². The van der Waals surface area contributed by atoms with E-state index in [9.17, 15) is 18.7 Å². The van der Waals surface area contributed by atoms with Gasteiger partial charge in [-0.15, -0.1) is 0 Å². The van der Waals surface area contributed by atoms with Crippen molar-refractivity contribution in [2.75, 3.05) is 6.61 Å². The van der Waals surface area contributed by atoms with Crippen LogP contribution < -0.4 is 0 Å². The van der Waals surface area contributed by atoms with E-state index in [0.29, 0.717) is 18.8 Å². The van der Waals surface area contributed by atoms with Crippen LogP contribution in [0, 0.1) is 5.92 Å². The minimum absolute atomic E-state index is 0.0443. The molecule has 100 valence electrons. The van der Waals surface area contributed by atoms with Crippen LogP contribution in [0.1, 0.15) is 46.0 Å². The lowest BCUT2D eigenvalue weighted by Gasteiger charge is -2.39. The summed E-state index contributed by atoms with van der Waals surface area (Å²) in [6, 6.07) is 0. The van der Waals surface area contributed by atoms with Gasteiger partial charge in [0.2, 0.25) is 0 Å². The predicted molar refractivity (Wildman–Crippen MR) is 58.8 cm³/mol. The first kappa shape index (κ1) is 14.4. The van der Waals surface area contributed by atoms with Crippen molar-refractivity contribution < 1.29 is 23.4 Å². The van der Waals surface area contributed by atoms with E-state index in [-0.39, 0.29) is 19.4 Å². The Hall–Kier alpha value is -0.710. The molecule has 1 aliphatic carbocycles. The SMILES string of the molecule is CCOC(=O)C(F)(F)C1(O)CCC(CC)CC1. The molecule has 1 fully saturated rings. The third kappa shape index (κ3) is 2.76. The Labute approximate surface area is 100 Å². The van der Waals surface area contributed by atoms with Crippen molar-refractivity contribution in [1.29, 1.82) is 0 Å². The maximum absolute atomic E-state index is 13.8. The largest absolute Gasteiger partial charge is 0.461 e. The summed E-state index contributed by atoms with van der Waals surface area (Å²) in [5.41, 5.74) is -2.23. The number of carbonyl (C=O) groups is 1. The Bertz CT molecular complexity index is 271. The number of halogens is 2. The smallest absolute Gasteiger partial charge is 0.380 e. The summed E-state index contributed by atoms with van der Waals surface area (Å²) >= 11 is 0. The van der Waals surface area contributed by atoms with E-state index in [4.69, 9.17) is 0 Å². The van der Waals surface area contributed by atoms with Crippen molar-refractivity contribution in [2.45, 2.75) is 57.5 Å². The Balaban J connectivity index is 2.73. The molecule has 0 unspecified atom stereocenters. The Morgan fingerprint density at radius 1 is 1.41 bits per heavy atom. The number of alkyl halides is 2. The Kier molecular flexibility index (Phi) is 4.47. The van der Waals surface area contributed by atoms with Gasteiger partial charge in [-0.25, -0.2) is 4.79 Å². The third-order valence-electron chi connectivity index (χ3n) is 3.63. The van der Waals surface area contributed by atoms with Crippen LogP contribution in [-0.2, 0) is 9.53 Å². The number of hydrogen-bond donors (Lipinski definition) is 1. The minimum Gasteiger partial charge on any atom is -0.461 e. The van der Waals surface area contributed by atoms with Crippen molar-refractivity contribution in [2.24, 2.45) is 5.92 Å². The normalized spacial score (nSPS) is 30.1. The van der Waals surface area contributed by atoms with Gasteiger partial charge in [-0.05, 0) is 38.5 Å². The number of rotatable bonds is 4. The number of aliphatic hydroxyl groups is 1. The van der Waals surface area contributed by atoms with Gasteiger partial charge in [0.15, 0.2) is 0 Å². The molecule has 0 aromatic heterocycles. The first-order valence-electron chi connectivity index (χ1n) is 6.14. The maximum atomic E-state index is 13.8. The first-order valence-corrected chi connectivity index (χ1v) is 6.14. The molecule has 0 saturated heterocycles. The van der Waals surface area contributed by atoms with Crippen molar-refractivity contribution in [1.82, 2.24) is 0 Å². The molecular formula is C12H20F2O3. The zero-order valence-electron chi connectivity index (χ0n) is 10.3. The van der Waals surface area contributed by atoms with Gasteiger partial charge < -0.3 is 9.84 Å². The van der Waals surface area contributed by atoms with Crippen LogP contribution in [0.5, 0.6) is 0 Å². The van der Waals surface area contributed by atoms with Crippen LogP contribution in [-0.4, -0.2) is 29.2 Å². The molecule has 0 aliphatic heterocycles. The van der Waals surface area contributed by atoms with E-state index >= 15 is 0 Å². The van der Waals surface area contributed by atoms with E-state index in [1.165, 1.54) is 6.92 Å². The maximum Gasteiger partial charge on any atom is 0.380 e. The van der Waals surface area contributed by atoms with Crippen LogP contribution >= 0.6 is 0 Å². The number of carbonyl (C=O) groups excluding carboxylic acids is 1. The monoisotopic (exact) mass is 250 g/mol. The molecule has 0 heterocycles. The zero-order chi connectivity index (χ0) is 13.1. The lowest BCUT2D eigenvalue weighted by molar-refractivity contribution is -0.222. The van der Waals surface area contributed by atoms with Crippen molar-refractivity contribution in [3.05, 3.63) is 0 Å². The zero-order valence-corrected chi connectivity index (χ0v) is 10.3. The second-order valence-corrected chi connectivity index (χ2v) is 4.68. The molecule has 1 rings (SSSR count). The van der Waals surface area contributed by atoms with Crippen molar-refractivity contribution in [3.63, 3.8) is 0 Å². The molecule has 0 atom stereocenters. The molecule has 5 heteroatoms. The molecular weight excluding hydrogens is 230 g/mol. The summed E-state index contributed by atoms with van der Waals surface area (Å²) in [5.74, 6) is -5.05. The minimum atomic E-state index is -3.80. The van der Waals surface area contributed by atoms with E-state index in [0.717, 1.165) is 6.42 Å². The van der Waals surface area contributed by atoms with Gasteiger partial charge in [0.05, 0.1) is 6.61 Å². The fraction of sp³-hybridized carbons (Fsp3) is 0.917. The number of hydrogen-bond acceptors (Lipinski definition) is 3. The highest BCUT2D eigenvalue weighted by Crippen LogP contribution is 2.43. The van der Waals surface area contributed by atoms with Gasteiger partial charge in [0, 0.05) is 0 Å². The molecule has 0 bridgehead atoms. The van der Waals surface area contributed by atoms with Gasteiger partial charge in [-0.2, -0.15) is 8.78 Å². The summed E-state index contributed by atoms with van der Waals surface area (Å²) in [6.45, 7) is 3.35. The second-order valence-electron chi connectivity index (χ2n) is 4.68. The van der Waals surface area contributed by atoms with Gasteiger partial charge in [0.25, 0.3) is 0 Å². The molecule has 3 nitrogen and oxygen atoms in total. The van der Waals surface area contributed by atoms with E-state index in [2.05, 4.69) is 4.74 Å². The van der Waals surface area contributed by atoms with Gasteiger partial charge in [0.1, 0.15) is 5.60 Å². The molecule has 17 heavy (non-hydrogen) atoms. The highest BCUT2D eigenvalue weighted by Gasteiger charge is 2.60. The second kappa shape index (κ2) is 5.29. The first-order chi connectivity index (χ1) is 7.87. The van der Waals surface area contributed by atoms with Gasteiger partial charge in [-0.3, -0.25) is 0 Å². The summed E-state index contributed by atoms with van der Waals surface area (Å²) < 4.78 is 31.9. The predicted octanol–water partition coefficient (Wildman–Crippen LogP) is 2.52. The highest BCUT2D eigenvalue weighted by atomic mass is 19.3. The summed E-state index contributed by atoms with van der Waals surface area (Å²) in [6.07, 6.45) is 1.89. The molecule has 0 spiro atoms. The van der Waals surface area contributed by atoms with Crippen LogP contribution in [0.4, 0.5) is 8.78 Å². The van der Waals surface area contributed by atoms with E-state index < -0.39 is 17.5 Å². The highest BCUT2D eigenvalue weighted by molar-refractivity contribution is 5.79. The molecule has 1 N–H and O–H groups in total. The van der Waals surface area contributed by atoms with Crippen molar-refractivity contribution >= 4 is 5.97 Å². The average molecular weight is 250 g/mol. The van der Waals surface area contributed by atoms with Crippen LogP contribution in [0.3, 0.4) is 0 Å². The fourth-order valence-electron chi connectivity index (χ4n) is 2.29. The van der Waals surface area contributed by atoms with Crippen molar-refractivity contribution in [3.8, 4) is 0 Å². The van der Waals surface area contributed by atoms with Crippen LogP contribution in [0.25, 0.3) is 0 Å². The van der Waals surface area contributed by atoms with E-state index in [1.807, 2.05) is 6.92 Å². The quantitative estimate of drug-likeness (QED) is 0.780. The third-order valence-corrected chi connectivity index (χ3v) is 3.63. The molecule has 0 aromatic carbocycles. The Morgan fingerprint density at radius 2 is 1.94 bits per heavy atom. The lowest BCUT2D eigenvalue weighted by Crippen LogP contribution is -2.55. The topological polar surface area (TPSA) is 46.5 Å². The number of esters is 1.